The Bertz CT molecular complexity index is 479. The molecule has 1 aromatic heterocycles. The summed E-state index contributed by atoms with van der Waals surface area (Å²) in [7, 11) is 0. The fourth-order valence-electron chi connectivity index (χ4n) is 1.94. The molecule has 0 saturated carbocycles. The zero-order valence-electron chi connectivity index (χ0n) is 10.6. The molecule has 1 aliphatic heterocycles. The minimum absolute atomic E-state index is 0.142. The van der Waals surface area contributed by atoms with Crippen LogP contribution in [0.1, 0.15) is 42.9 Å². The molecule has 1 aliphatic rings. The standard InChI is InChI=1S/C11H15N3O5/c1-2-18-11(15)10-8(14(16)17)7-13(12-10)9-5-3-4-6-19-9/h7,9H,2-6H2,1H3. The Kier molecular flexibility index (Phi) is 4.10. The van der Waals surface area contributed by atoms with Crippen LogP contribution in [0.25, 0.3) is 0 Å². The molecule has 1 aromatic rings. The van der Waals surface area contributed by atoms with E-state index >= 15 is 0 Å². The van der Waals surface area contributed by atoms with Gasteiger partial charge in [0.05, 0.1) is 11.5 Å². The molecule has 1 unspecified atom stereocenters. The van der Waals surface area contributed by atoms with Crippen molar-refractivity contribution in [2.45, 2.75) is 32.4 Å². The Hall–Kier alpha value is -1.96. The van der Waals surface area contributed by atoms with Gasteiger partial charge in [0.1, 0.15) is 12.4 Å². The van der Waals surface area contributed by atoms with Crippen molar-refractivity contribution in [3.63, 3.8) is 0 Å². The lowest BCUT2D eigenvalue weighted by Crippen LogP contribution is -2.19. The first-order valence-electron chi connectivity index (χ1n) is 6.15. The van der Waals surface area contributed by atoms with Crippen molar-refractivity contribution in [1.82, 2.24) is 9.78 Å². The molecule has 1 fully saturated rings. The van der Waals surface area contributed by atoms with Crippen LogP contribution in [0, 0.1) is 10.1 Å². The molecule has 0 spiro atoms. The molecule has 2 heterocycles. The second-order valence-corrected chi connectivity index (χ2v) is 4.14. The maximum absolute atomic E-state index is 11.6. The lowest BCUT2D eigenvalue weighted by molar-refractivity contribution is -0.385. The molecule has 0 bridgehead atoms. The highest BCUT2D eigenvalue weighted by Gasteiger charge is 2.29. The maximum Gasteiger partial charge on any atom is 0.366 e. The Morgan fingerprint density at radius 3 is 3.05 bits per heavy atom. The predicted octanol–water partition coefficient (Wildman–Crippen LogP) is 1.67. The molecule has 19 heavy (non-hydrogen) atoms. The molecular formula is C11H15N3O5. The van der Waals surface area contributed by atoms with Gasteiger partial charge < -0.3 is 9.47 Å². The van der Waals surface area contributed by atoms with Gasteiger partial charge in [-0.2, -0.15) is 5.10 Å². The van der Waals surface area contributed by atoms with Gasteiger partial charge in [-0.1, -0.05) is 0 Å². The Labute approximate surface area is 109 Å². The summed E-state index contributed by atoms with van der Waals surface area (Å²) in [6.45, 7) is 2.36. The second-order valence-electron chi connectivity index (χ2n) is 4.14. The van der Waals surface area contributed by atoms with Gasteiger partial charge in [0.15, 0.2) is 0 Å². The van der Waals surface area contributed by atoms with Crippen molar-refractivity contribution in [1.29, 1.82) is 0 Å². The van der Waals surface area contributed by atoms with Crippen molar-refractivity contribution in [2.24, 2.45) is 0 Å². The van der Waals surface area contributed by atoms with E-state index in [1.165, 1.54) is 10.9 Å². The third-order valence-electron chi connectivity index (χ3n) is 2.83. The van der Waals surface area contributed by atoms with E-state index in [1.807, 2.05) is 0 Å². The highest BCUT2D eigenvalue weighted by molar-refractivity contribution is 5.91. The summed E-state index contributed by atoms with van der Waals surface area (Å²) in [6.07, 6.45) is 3.52. The van der Waals surface area contributed by atoms with Gasteiger partial charge in [0.25, 0.3) is 0 Å². The summed E-state index contributed by atoms with van der Waals surface area (Å²) in [4.78, 5) is 21.9. The van der Waals surface area contributed by atoms with Crippen LogP contribution in [0.15, 0.2) is 6.20 Å². The number of hydrogen-bond acceptors (Lipinski definition) is 6. The summed E-state index contributed by atoms with van der Waals surface area (Å²) in [5, 5.41) is 14.9. The first-order valence-corrected chi connectivity index (χ1v) is 6.15. The van der Waals surface area contributed by atoms with Gasteiger partial charge >= 0.3 is 11.7 Å². The summed E-state index contributed by atoms with van der Waals surface area (Å²) in [6, 6.07) is 0. The van der Waals surface area contributed by atoms with E-state index in [2.05, 4.69) is 5.10 Å². The van der Waals surface area contributed by atoms with Crippen molar-refractivity contribution < 1.29 is 19.2 Å². The van der Waals surface area contributed by atoms with E-state index in [4.69, 9.17) is 9.47 Å². The van der Waals surface area contributed by atoms with Gasteiger partial charge in [-0.05, 0) is 26.2 Å². The number of ether oxygens (including phenoxy) is 2. The van der Waals surface area contributed by atoms with Gasteiger partial charge in [0, 0.05) is 6.61 Å². The molecule has 104 valence electrons. The fraction of sp³-hybridized carbons (Fsp3) is 0.636. The monoisotopic (exact) mass is 269 g/mol. The number of carbonyl (C=O) groups is 1. The molecule has 0 aromatic carbocycles. The van der Waals surface area contributed by atoms with Crippen molar-refractivity contribution in [3.05, 3.63) is 22.0 Å². The SMILES string of the molecule is CCOC(=O)c1nn(C2CCCCO2)cc1[N+](=O)[O-]. The van der Waals surface area contributed by atoms with Crippen LogP contribution in [-0.4, -0.2) is 33.9 Å². The molecule has 0 N–H and O–H groups in total. The zero-order valence-corrected chi connectivity index (χ0v) is 10.6. The zero-order chi connectivity index (χ0) is 13.8. The summed E-state index contributed by atoms with van der Waals surface area (Å²) in [5.74, 6) is -0.788. The number of nitro groups is 1. The van der Waals surface area contributed by atoms with Crippen molar-refractivity contribution >= 4 is 11.7 Å². The number of esters is 1. The molecule has 8 nitrogen and oxygen atoms in total. The van der Waals surface area contributed by atoms with Crippen molar-refractivity contribution in [3.8, 4) is 0 Å². The number of nitrogens with zero attached hydrogens (tertiary/aromatic N) is 3. The van der Waals surface area contributed by atoms with Gasteiger partial charge in [-0.25, -0.2) is 9.48 Å². The number of rotatable bonds is 4. The highest BCUT2D eigenvalue weighted by Crippen LogP contribution is 2.26. The highest BCUT2D eigenvalue weighted by atomic mass is 16.6. The smallest absolute Gasteiger partial charge is 0.366 e. The number of carbonyl (C=O) groups excluding carboxylic acids is 1. The van der Waals surface area contributed by atoms with Gasteiger partial charge in [0.2, 0.25) is 5.69 Å². The maximum atomic E-state index is 11.6. The van der Waals surface area contributed by atoms with Gasteiger partial charge in [-0.15, -0.1) is 0 Å². The fourth-order valence-corrected chi connectivity index (χ4v) is 1.94. The third-order valence-corrected chi connectivity index (χ3v) is 2.83. The molecule has 1 atom stereocenters. The van der Waals surface area contributed by atoms with Crippen LogP contribution in [-0.2, 0) is 9.47 Å². The summed E-state index contributed by atoms with van der Waals surface area (Å²) >= 11 is 0. The average molecular weight is 269 g/mol. The van der Waals surface area contributed by atoms with E-state index in [-0.39, 0.29) is 24.2 Å². The van der Waals surface area contributed by atoms with E-state index in [9.17, 15) is 14.9 Å². The van der Waals surface area contributed by atoms with E-state index < -0.39 is 10.9 Å². The molecule has 1 saturated heterocycles. The van der Waals surface area contributed by atoms with Crippen LogP contribution in [0.2, 0.25) is 0 Å². The topological polar surface area (TPSA) is 96.5 Å². The minimum Gasteiger partial charge on any atom is -0.461 e. The van der Waals surface area contributed by atoms with Crippen molar-refractivity contribution in [2.75, 3.05) is 13.2 Å². The molecule has 0 amide bonds. The van der Waals surface area contributed by atoms with E-state index in [0.29, 0.717) is 6.61 Å². The molecule has 0 aliphatic carbocycles. The van der Waals surface area contributed by atoms with E-state index in [0.717, 1.165) is 19.3 Å². The second kappa shape index (κ2) is 5.79. The lowest BCUT2D eigenvalue weighted by Gasteiger charge is -2.22. The van der Waals surface area contributed by atoms with Crippen LogP contribution in [0.4, 0.5) is 5.69 Å². The minimum atomic E-state index is -0.788. The molecule has 0 radical (unpaired) electrons. The Balaban J connectivity index is 2.28. The molecule has 2 rings (SSSR count). The van der Waals surface area contributed by atoms with E-state index in [1.54, 1.807) is 6.92 Å². The van der Waals surface area contributed by atoms with Crippen LogP contribution in [0.3, 0.4) is 0 Å². The average Bonchev–Trinajstić information content (AvgIpc) is 2.85. The first-order chi connectivity index (χ1) is 9.13. The Morgan fingerprint density at radius 1 is 1.68 bits per heavy atom. The lowest BCUT2D eigenvalue weighted by atomic mass is 10.2. The third kappa shape index (κ3) is 2.90. The quantitative estimate of drug-likeness (QED) is 0.468. The normalized spacial score (nSPS) is 19.1. The number of aromatic nitrogens is 2. The largest absolute Gasteiger partial charge is 0.461 e. The van der Waals surface area contributed by atoms with Crippen LogP contribution in [0.5, 0.6) is 0 Å². The van der Waals surface area contributed by atoms with Crippen LogP contribution < -0.4 is 0 Å². The Morgan fingerprint density at radius 2 is 2.47 bits per heavy atom. The first kappa shape index (κ1) is 13.5. The summed E-state index contributed by atoms with van der Waals surface area (Å²) < 4.78 is 11.6. The summed E-state index contributed by atoms with van der Waals surface area (Å²) in [5.41, 5.74) is -0.631. The predicted molar refractivity (Wildman–Crippen MR) is 63.7 cm³/mol. The van der Waals surface area contributed by atoms with Crippen LogP contribution >= 0.6 is 0 Å². The molecule has 8 heteroatoms. The molecular weight excluding hydrogens is 254 g/mol. The number of hydrogen-bond donors (Lipinski definition) is 0. The van der Waals surface area contributed by atoms with Gasteiger partial charge in [-0.3, -0.25) is 10.1 Å².